The Kier molecular flexibility index (Phi) is 4.57. The zero-order valence-electron chi connectivity index (χ0n) is 13.1. The first-order valence-corrected chi connectivity index (χ1v) is 7.65. The van der Waals surface area contributed by atoms with Crippen molar-refractivity contribution < 1.29 is 9.53 Å². The molecule has 0 unspecified atom stereocenters. The molecule has 0 saturated carbocycles. The maximum absolute atomic E-state index is 11.9. The average Bonchev–Trinajstić information content (AvgIpc) is 2.59. The summed E-state index contributed by atoms with van der Waals surface area (Å²) in [6.45, 7) is 2.57. The number of nitrogens with one attached hydrogen (secondary N) is 1. The van der Waals surface area contributed by atoms with E-state index in [1.807, 2.05) is 73.7 Å². The Morgan fingerprint density at radius 2 is 1.70 bits per heavy atom. The number of rotatable bonds is 5. The standard InChI is InChI=1S/C20H19NO2/c1-15-6-2-3-9-18(15)13-21-20(22)14-23-19-11-10-16-7-4-5-8-17(16)12-19/h2-12H,13-14H2,1H3,(H,21,22). The summed E-state index contributed by atoms with van der Waals surface area (Å²) in [5.41, 5.74) is 2.29. The Hall–Kier alpha value is -2.81. The van der Waals surface area contributed by atoms with Crippen LogP contribution in [0.3, 0.4) is 0 Å². The smallest absolute Gasteiger partial charge is 0.258 e. The molecular weight excluding hydrogens is 286 g/mol. The van der Waals surface area contributed by atoms with Crippen LogP contribution in [0.25, 0.3) is 10.8 Å². The Morgan fingerprint density at radius 1 is 0.957 bits per heavy atom. The van der Waals surface area contributed by atoms with E-state index < -0.39 is 0 Å². The fourth-order valence-corrected chi connectivity index (χ4v) is 2.46. The van der Waals surface area contributed by atoms with E-state index in [0.717, 1.165) is 16.3 Å². The summed E-state index contributed by atoms with van der Waals surface area (Å²) in [5.74, 6) is 0.580. The van der Waals surface area contributed by atoms with Crippen molar-refractivity contribution >= 4 is 16.7 Å². The number of amides is 1. The van der Waals surface area contributed by atoms with E-state index >= 15 is 0 Å². The van der Waals surface area contributed by atoms with Crippen LogP contribution in [0.4, 0.5) is 0 Å². The van der Waals surface area contributed by atoms with Crippen molar-refractivity contribution in [3.63, 3.8) is 0 Å². The van der Waals surface area contributed by atoms with Crippen LogP contribution in [-0.4, -0.2) is 12.5 Å². The molecule has 3 aromatic carbocycles. The van der Waals surface area contributed by atoms with Gasteiger partial charge >= 0.3 is 0 Å². The lowest BCUT2D eigenvalue weighted by Gasteiger charge is -2.09. The van der Waals surface area contributed by atoms with E-state index in [-0.39, 0.29) is 12.5 Å². The Morgan fingerprint density at radius 3 is 2.52 bits per heavy atom. The number of fused-ring (bicyclic) bond motifs is 1. The third kappa shape index (κ3) is 3.89. The molecule has 0 fully saturated rings. The number of carbonyl (C=O) groups excluding carboxylic acids is 1. The van der Waals surface area contributed by atoms with E-state index in [1.165, 1.54) is 5.56 Å². The van der Waals surface area contributed by atoms with Crippen LogP contribution in [0.15, 0.2) is 66.7 Å². The third-order valence-electron chi connectivity index (χ3n) is 3.83. The van der Waals surface area contributed by atoms with Crippen molar-refractivity contribution in [3.8, 4) is 5.75 Å². The molecule has 3 aromatic rings. The average molecular weight is 305 g/mol. The van der Waals surface area contributed by atoms with Crippen LogP contribution in [-0.2, 0) is 11.3 Å². The molecule has 0 aliphatic rings. The van der Waals surface area contributed by atoms with Crippen LogP contribution < -0.4 is 10.1 Å². The fraction of sp³-hybridized carbons (Fsp3) is 0.150. The normalized spacial score (nSPS) is 10.5. The second-order valence-electron chi connectivity index (χ2n) is 5.50. The Labute approximate surface area is 135 Å². The molecule has 0 radical (unpaired) electrons. The molecular formula is C20H19NO2. The van der Waals surface area contributed by atoms with Gasteiger partial charge in [-0.25, -0.2) is 0 Å². The maximum atomic E-state index is 11.9. The number of hydrogen-bond donors (Lipinski definition) is 1. The Bertz CT molecular complexity index is 826. The summed E-state index contributed by atoms with van der Waals surface area (Å²) in [6, 6.07) is 21.9. The molecule has 23 heavy (non-hydrogen) atoms. The van der Waals surface area contributed by atoms with Gasteiger partial charge < -0.3 is 10.1 Å². The van der Waals surface area contributed by atoms with Gasteiger partial charge in [0.05, 0.1) is 0 Å². The minimum Gasteiger partial charge on any atom is -0.484 e. The highest BCUT2D eigenvalue weighted by atomic mass is 16.5. The van der Waals surface area contributed by atoms with Gasteiger partial charge in [0.1, 0.15) is 5.75 Å². The Balaban J connectivity index is 1.54. The van der Waals surface area contributed by atoms with Crippen LogP contribution in [0.1, 0.15) is 11.1 Å². The van der Waals surface area contributed by atoms with Crippen molar-refractivity contribution in [3.05, 3.63) is 77.9 Å². The minimum atomic E-state index is -0.124. The van der Waals surface area contributed by atoms with Gasteiger partial charge in [0, 0.05) is 6.54 Å². The molecule has 1 amide bonds. The van der Waals surface area contributed by atoms with Crippen molar-refractivity contribution in [1.29, 1.82) is 0 Å². The zero-order valence-corrected chi connectivity index (χ0v) is 13.1. The van der Waals surface area contributed by atoms with Crippen molar-refractivity contribution in [2.24, 2.45) is 0 Å². The molecule has 0 aliphatic carbocycles. The van der Waals surface area contributed by atoms with E-state index in [1.54, 1.807) is 0 Å². The van der Waals surface area contributed by atoms with E-state index in [2.05, 4.69) is 5.32 Å². The number of ether oxygens (including phenoxy) is 1. The molecule has 3 nitrogen and oxygen atoms in total. The molecule has 1 N–H and O–H groups in total. The van der Waals surface area contributed by atoms with Gasteiger partial charge in [-0.05, 0) is 41.0 Å². The molecule has 0 spiro atoms. The van der Waals surface area contributed by atoms with Crippen LogP contribution >= 0.6 is 0 Å². The minimum absolute atomic E-state index is 0.0181. The monoisotopic (exact) mass is 305 g/mol. The van der Waals surface area contributed by atoms with Gasteiger partial charge in [-0.1, -0.05) is 54.6 Å². The predicted octanol–water partition coefficient (Wildman–Crippen LogP) is 3.84. The van der Waals surface area contributed by atoms with Gasteiger partial charge in [0.15, 0.2) is 6.61 Å². The summed E-state index contributed by atoms with van der Waals surface area (Å²) in [6.07, 6.45) is 0. The summed E-state index contributed by atoms with van der Waals surface area (Å²) in [7, 11) is 0. The number of carbonyl (C=O) groups is 1. The SMILES string of the molecule is Cc1ccccc1CNC(=O)COc1ccc2ccccc2c1. The molecule has 0 atom stereocenters. The number of benzene rings is 3. The lowest BCUT2D eigenvalue weighted by atomic mass is 10.1. The summed E-state index contributed by atoms with van der Waals surface area (Å²) < 4.78 is 5.58. The van der Waals surface area contributed by atoms with Gasteiger partial charge in [-0.3, -0.25) is 4.79 Å². The number of aryl methyl sites for hydroxylation is 1. The largest absolute Gasteiger partial charge is 0.484 e. The zero-order chi connectivity index (χ0) is 16.1. The second kappa shape index (κ2) is 6.97. The van der Waals surface area contributed by atoms with E-state index in [9.17, 15) is 4.79 Å². The topological polar surface area (TPSA) is 38.3 Å². The summed E-state index contributed by atoms with van der Waals surface area (Å²) >= 11 is 0. The highest BCUT2D eigenvalue weighted by Gasteiger charge is 2.04. The molecule has 116 valence electrons. The van der Waals surface area contributed by atoms with Crippen LogP contribution in [0, 0.1) is 6.92 Å². The van der Waals surface area contributed by atoms with Gasteiger partial charge in [-0.15, -0.1) is 0 Å². The third-order valence-corrected chi connectivity index (χ3v) is 3.83. The summed E-state index contributed by atoms with van der Waals surface area (Å²) in [4.78, 5) is 11.9. The van der Waals surface area contributed by atoms with Crippen molar-refractivity contribution in [2.45, 2.75) is 13.5 Å². The van der Waals surface area contributed by atoms with Crippen molar-refractivity contribution in [2.75, 3.05) is 6.61 Å². The lowest BCUT2D eigenvalue weighted by molar-refractivity contribution is -0.123. The second-order valence-corrected chi connectivity index (χ2v) is 5.50. The first kappa shape index (κ1) is 15.1. The molecule has 3 rings (SSSR count). The van der Waals surface area contributed by atoms with Crippen molar-refractivity contribution in [1.82, 2.24) is 5.32 Å². The molecule has 0 heterocycles. The highest BCUT2D eigenvalue weighted by Crippen LogP contribution is 2.20. The summed E-state index contributed by atoms with van der Waals surface area (Å²) in [5, 5.41) is 5.14. The van der Waals surface area contributed by atoms with Gasteiger partial charge in [0.25, 0.3) is 5.91 Å². The van der Waals surface area contributed by atoms with Gasteiger partial charge in [0.2, 0.25) is 0 Å². The van der Waals surface area contributed by atoms with Crippen LogP contribution in [0.5, 0.6) is 5.75 Å². The first-order chi connectivity index (χ1) is 11.2. The molecule has 0 aliphatic heterocycles. The predicted molar refractivity (Wildman–Crippen MR) is 92.5 cm³/mol. The fourth-order valence-electron chi connectivity index (χ4n) is 2.46. The number of hydrogen-bond acceptors (Lipinski definition) is 2. The van der Waals surface area contributed by atoms with Gasteiger partial charge in [-0.2, -0.15) is 0 Å². The van der Waals surface area contributed by atoms with Crippen LogP contribution in [0.2, 0.25) is 0 Å². The molecule has 0 aromatic heterocycles. The molecule has 0 bridgehead atoms. The molecule has 3 heteroatoms. The lowest BCUT2D eigenvalue weighted by Crippen LogP contribution is -2.28. The van der Waals surface area contributed by atoms with E-state index in [4.69, 9.17) is 4.74 Å². The molecule has 0 saturated heterocycles. The van der Waals surface area contributed by atoms with E-state index in [0.29, 0.717) is 12.3 Å². The quantitative estimate of drug-likeness (QED) is 0.777. The maximum Gasteiger partial charge on any atom is 0.258 e. The highest BCUT2D eigenvalue weighted by molar-refractivity contribution is 5.84. The first-order valence-electron chi connectivity index (χ1n) is 7.65.